The molecule has 0 atom stereocenters. The van der Waals surface area contributed by atoms with Crippen LogP contribution in [0.4, 0.5) is 5.69 Å². The van der Waals surface area contributed by atoms with E-state index in [1.807, 2.05) is 62.4 Å². The lowest BCUT2D eigenvalue weighted by atomic mass is 10.0. The molecule has 0 saturated heterocycles. The molecule has 4 rings (SSSR count). The largest absolute Gasteiger partial charge is 0.461 e. The Hall–Kier alpha value is -3.78. The number of carbonyl (C=O) groups excluding carboxylic acids is 2. The van der Waals surface area contributed by atoms with Crippen LogP contribution in [0.1, 0.15) is 45.8 Å². The molecule has 0 saturated carbocycles. The SMILES string of the molecule is CCc1cccc(CC)c1NC(=O)Cn1cnc2sc(C(=O)OCCc3ccccc3)c(C)c2c1=O. The molecule has 0 bridgehead atoms. The number of amides is 1. The van der Waals surface area contributed by atoms with Crippen molar-refractivity contribution in [1.82, 2.24) is 9.55 Å². The van der Waals surface area contributed by atoms with Crippen molar-refractivity contribution in [2.24, 2.45) is 0 Å². The number of carbonyl (C=O) groups is 2. The van der Waals surface area contributed by atoms with Crippen LogP contribution >= 0.6 is 11.3 Å². The van der Waals surface area contributed by atoms with Crippen molar-refractivity contribution in [3.63, 3.8) is 0 Å². The van der Waals surface area contributed by atoms with E-state index in [0.29, 0.717) is 27.1 Å². The molecule has 186 valence electrons. The number of thiophene rings is 1. The Morgan fingerprint density at radius 3 is 2.39 bits per heavy atom. The predicted molar refractivity (Wildman–Crippen MR) is 143 cm³/mol. The number of esters is 1. The molecule has 0 fully saturated rings. The molecule has 7 nitrogen and oxygen atoms in total. The van der Waals surface area contributed by atoms with Crippen LogP contribution in [0.2, 0.25) is 0 Å². The van der Waals surface area contributed by atoms with Gasteiger partial charge in [0.1, 0.15) is 16.3 Å². The van der Waals surface area contributed by atoms with Crippen molar-refractivity contribution in [2.75, 3.05) is 11.9 Å². The molecule has 0 aliphatic heterocycles. The standard InChI is InChI=1S/C28H29N3O4S/c1-4-20-12-9-13-21(5-2)24(20)30-22(32)16-31-17-29-26-23(27(31)33)18(3)25(36-26)28(34)35-15-14-19-10-7-6-8-11-19/h6-13,17H,4-5,14-16H2,1-3H3,(H,30,32). The van der Waals surface area contributed by atoms with Crippen LogP contribution in [-0.2, 0) is 35.3 Å². The molecule has 2 aromatic carbocycles. The summed E-state index contributed by atoms with van der Waals surface area (Å²) >= 11 is 1.13. The van der Waals surface area contributed by atoms with Crippen LogP contribution in [0.25, 0.3) is 10.2 Å². The average Bonchev–Trinajstić information content (AvgIpc) is 3.23. The maximum Gasteiger partial charge on any atom is 0.348 e. The molecule has 0 aliphatic carbocycles. The van der Waals surface area contributed by atoms with Gasteiger partial charge in [0.15, 0.2) is 0 Å². The van der Waals surface area contributed by atoms with E-state index in [9.17, 15) is 14.4 Å². The molecule has 2 aromatic heterocycles. The second-order valence-corrected chi connectivity index (χ2v) is 9.49. The third-order valence-electron chi connectivity index (χ3n) is 6.15. The molecular weight excluding hydrogens is 474 g/mol. The summed E-state index contributed by atoms with van der Waals surface area (Å²) in [5, 5.41) is 3.32. The minimum absolute atomic E-state index is 0.172. The second kappa shape index (κ2) is 11.3. The number of ether oxygens (including phenoxy) is 1. The van der Waals surface area contributed by atoms with Gasteiger partial charge in [0.25, 0.3) is 5.56 Å². The number of aryl methyl sites for hydroxylation is 3. The molecule has 1 amide bonds. The number of para-hydroxylation sites is 1. The number of nitrogens with zero attached hydrogens (tertiary/aromatic N) is 2. The number of rotatable bonds is 9. The summed E-state index contributed by atoms with van der Waals surface area (Å²) < 4.78 is 6.74. The van der Waals surface area contributed by atoms with Gasteiger partial charge in [-0.15, -0.1) is 11.3 Å². The molecule has 4 aromatic rings. The fraction of sp³-hybridized carbons (Fsp3) is 0.286. The average molecular weight is 504 g/mol. The number of aromatic nitrogens is 2. The zero-order valence-electron chi connectivity index (χ0n) is 20.7. The number of benzene rings is 2. The van der Waals surface area contributed by atoms with Crippen LogP contribution in [0, 0.1) is 6.92 Å². The lowest BCUT2D eigenvalue weighted by Gasteiger charge is -2.15. The van der Waals surface area contributed by atoms with Crippen molar-refractivity contribution >= 4 is 39.1 Å². The van der Waals surface area contributed by atoms with Crippen LogP contribution in [0.5, 0.6) is 0 Å². The Balaban J connectivity index is 1.50. The molecule has 8 heteroatoms. The van der Waals surface area contributed by atoms with Crippen LogP contribution in [0.3, 0.4) is 0 Å². The maximum absolute atomic E-state index is 13.2. The molecule has 2 heterocycles. The first-order valence-corrected chi connectivity index (χ1v) is 12.8. The third-order valence-corrected chi connectivity index (χ3v) is 7.33. The second-order valence-electron chi connectivity index (χ2n) is 8.49. The molecule has 0 spiro atoms. The number of nitrogens with one attached hydrogen (secondary N) is 1. The number of anilines is 1. The van der Waals surface area contributed by atoms with E-state index in [2.05, 4.69) is 10.3 Å². The maximum atomic E-state index is 13.2. The van der Waals surface area contributed by atoms with Crippen molar-refractivity contribution in [3.05, 3.63) is 92.3 Å². The number of hydrogen-bond acceptors (Lipinski definition) is 6. The summed E-state index contributed by atoms with van der Waals surface area (Å²) in [4.78, 5) is 44.0. The summed E-state index contributed by atoms with van der Waals surface area (Å²) in [5.41, 5.74) is 4.15. The Morgan fingerprint density at radius 1 is 1.03 bits per heavy atom. The Morgan fingerprint density at radius 2 is 1.72 bits per heavy atom. The van der Waals surface area contributed by atoms with E-state index in [0.717, 1.165) is 46.6 Å². The van der Waals surface area contributed by atoms with Crippen LogP contribution in [0.15, 0.2) is 59.7 Å². The zero-order valence-corrected chi connectivity index (χ0v) is 21.5. The molecule has 1 N–H and O–H groups in total. The van der Waals surface area contributed by atoms with Crippen molar-refractivity contribution < 1.29 is 14.3 Å². The lowest BCUT2D eigenvalue weighted by molar-refractivity contribution is -0.116. The molecule has 0 aliphatic rings. The Labute approximate surface area is 213 Å². The summed E-state index contributed by atoms with van der Waals surface area (Å²) in [6, 6.07) is 15.7. The van der Waals surface area contributed by atoms with Crippen LogP contribution in [-0.4, -0.2) is 28.0 Å². The lowest BCUT2D eigenvalue weighted by Crippen LogP contribution is -2.28. The van der Waals surface area contributed by atoms with Gasteiger partial charge in [-0.05, 0) is 42.0 Å². The normalized spacial score (nSPS) is 11.0. The van der Waals surface area contributed by atoms with Gasteiger partial charge in [-0.2, -0.15) is 0 Å². The highest BCUT2D eigenvalue weighted by Gasteiger charge is 2.21. The van der Waals surface area contributed by atoms with Gasteiger partial charge in [0.05, 0.1) is 18.3 Å². The van der Waals surface area contributed by atoms with Gasteiger partial charge in [-0.3, -0.25) is 14.2 Å². The fourth-order valence-electron chi connectivity index (χ4n) is 4.18. The third kappa shape index (κ3) is 5.39. The fourth-order valence-corrected chi connectivity index (χ4v) is 5.21. The van der Waals surface area contributed by atoms with E-state index < -0.39 is 5.97 Å². The van der Waals surface area contributed by atoms with Gasteiger partial charge in [-0.25, -0.2) is 9.78 Å². The zero-order chi connectivity index (χ0) is 25.7. The van der Waals surface area contributed by atoms with Crippen molar-refractivity contribution in [1.29, 1.82) is 0 Å². The topological polar surface area (TPSA) is 90.3 Å². The first-order chi connectivity index (χ1) is 17.4. The predicted octanol–water partition coefficient (Wildman–Crippen LogP) is 4.93. The Bertz CT molecular complexity index is 1430. The summed E-state index contributed by atoms with van der Waals surface area (Å²) in [6.45, 7) is 5.86. The number of fused-ring (bicyclic) bond motifs is 1. The molecule has 0 radical (unpaired) electrons. The van der Waals surface area contributed by atoms with Gasteiger partial charge >= 0.3 is 5.97 Å². The van der Waals surface area contributed by atoms with Crippen molar-refractivity contribution in [3.8, 4) is 0 Å². The summed E-state index contributed by atoms with van der Waals surface area (Å²) in [6.07, 6.45) is 3.54. The van der Waals surface area contributed by atoms with E-state index in [1.54, 1.807) is 6.92 Å². The molecule has 0 unspecified atom stereocenters. The van der Waals surface area contributed by atoms with E-state index >= 15 is 0 Å². The highest BCUT2D eigenvalue weighted by molar-refractivity contribution is 7.20. The smallest absolute Gasteiger partial charge is 0.348 e. The minimum atomic E-state index is -0.474. The molecular formula is C28H29N3O4S. The highest BCUT2D eigenvalue weighted by atomic mass is 32.1. The minimum Gasteiger partial charge on any atom is -0.461 e. The summed E-state index contributed by atoms with van der Waals surface area (Å²) in [7, 11) is 0. The first kappa shape index (κ1) is 25.3. The molecule has 36 heavy (non-hydrogen) atoms. The summed E-state index contributed by atoms with van der Waals surface area (Å²) in [5.74, 6) is -0.777. The van der Waals surface area contributed by atoms with Gasteiger partial charge < -0.3 is 10.1 Å². The monoisotopic (exact) mass is 503 g/mol. The van der Waals surface area contributed by atoms with Crippen LogP contribution < -0.4 is 10.9 Å². The first-order valence-electron chi connectivity index (χ1n) is 12.0. The van der Waals surface area contributed by atoms with Gasteiger partial charge in [0.2, 0.25) is 5.91 Å². The quantitative estimate of drug-likeness (QED) is 0.327. The van der Waals surface area contributed by atoms with E-state index in [1.165, 1.54) is 10.9 Å². The number of hydrogen-bond donors (Lipinski definition) is 1. The highest BCUT2D eigenvalue weighted by Crippen LogP contribution is 2.27. The van der Waals surface area contributed by atoms with Gasteiger partial charge in [-0.1, -0.05) is 62.4 Å². The van der Waals surface area contributed by atoms with Crippen molar-refractivity contribution in [2.45, 2.75) is 46.6 Å². The Kier molecular flexibility index (Phi) is 7.95. The van der Waals surface area contributed by atoms with E-state index in [4.69, 9.17) is 4.74 Å². The van der Waals surface area contributed by atoms with E-state index in [-0.39, 0.29) is 24.6 Å². The van der Waals surface area contributed by atoms with Gasteiger partial charge in [0, 0.05) is 12.1 Å².